The van der Waals surface area contributed by atoms with Crippen LogP contribution in [0.4, 0.5) is 5.69 Å². The molecule has 9 nitrogen and oxygen atoms in total. The standard InChI is InChI=1S/C13H10ClN3O6S/c14-8-1-6-12(18)11(7-8)13(19)15-16-24(22,23)10-4-2-9(3-5-10)17(20)21/h1-7,16,18H,(H,15,19). The minimum absolute atomic E-state index is 0.177. The van der Waals surface area contributed by atoms with Gasteiger partial charge in [-0.05, 0) is 30.3 Å². The van der Waals surface area contributed by atoms with Crippen LogP contribution in [0.5, 0.6) is 5.75 Å². The molecule has 0 bridgehead atoms. The molecule has 0 unspecified atom stereocenters. The molecule has 0 fully saturated rings. The minimum Gasteiger partial charge on any atom is -0.507 e. The summed E-state index contributed by atoms with van der Waals surface area (Å²) in [6.45, 7) is 0. The first-order chi connectivity index (χ1) is 11.2. The Morgan fingerprint density at radius 2 is 1.79 bits per heavy atom. The van der Waals surface area contributed by atoms with Crippen molar-refractivity contribution >= 4 is 33.2 Å². The number of phenolic OH excluding ortho intramolecular Hbond substituents is 1. The normalized spacial score (nSPS) is 11.0. The number of hydrazine groups is 1. The topological polar surface area (TPSA) is 139 Å². The van der Waals surface area contributed by atoms with E-state index in [2.05, 4.69) is 0 Å². The zero-order chi connectivity index (χ0) is 17.9. The molecule has 3 N–H and O–H groups in total. The minimum atomic E-state index is -4.15. The number of halogens is 1. The Hall–Kier alpha value is -2.69. The van der Waals surface area contributed by atoms with Crippen LogP contribution in [0.3, 0.4) is 0 Å². The fourth-order valence-electron chi connectivity index (χ4n) is 1.68. The number of phenols is 1. The van der Waals surface area contributed by atoms with E-state index in [1.165, 1.54) is 12.1 Å². The summed E-state index contributed by atoms with van der Waals surface area (Å²) in [7, 11) is -4.15. The maximum Gasteiger partial charge on any atom is 0.270 e. The smallest absolute Gasteiger partial charge is 0.270 e. The maximum absolute atomic E-state index is 12.0. The molecule has 24 heavy (non-hydrogen) atoms. The van der Waals surface area contributed by atoms with Crippen molar-refractivity contribution < 1.29 is 23.2 Å². The van der Waals surface area contributed by atoms with Gasteiger partial charge in [0.1, 0.15) is 5.75 Å². The second-order valence-corrected chi connectivity index (χ2v) is 6.59. The second-order valence-electron chi connectivity index (χ2n) is 4.47. The largest absolute Gasteiger partial charge is 0.507 e. The lowest BCUT2D eigenvalue weighted by atomic mass is 10.2. The number of nitrogens with zero attached hydrogens (tertiary/aromatic N) is 1. The van der Waals surface area contributed by atoms with Crippen LogP contribution in [0.15, 0.2) is 47.4 Å². The van der Waals surface area contributed by atoms with Crippen molar-refractivity contribution in [2.24, 2.45) is 0 Å². The lowest BCUT2D eigenvalue weighted by Gasteiger charge is -2.09. The summed E-state index contributed by atoms with van der Waals surface area (Å²) in [5, 5.41) is 20.3. The Kier molecular flexibility index (Phi) is 5.02. The van der Waals surface area contributed by atoms with E-state index in [0.717, 1.165) is 30.3 Å². The van der Waals surface area contributed by atoms with E-state index in [0.29, 0.717) is 0 Å². The quantitative estimate of drug-likeness (QED) is 0.538. The van der Waals surface area contributed by atoms with Crippen molar-refractivity contribution in [3.8, 4) is 5.75 Å². The van der Waals surface area contributed by atoms with Crippen LogP contribution < -0.4 is 10.3 Å². The van der Waals surface area contributed by atoms with E-state index in [1.807, 2.05) is 10.3 Å². The number of hydrogen-bond donors (Lipinski definition) is 3. The number of non-ortho nitro benzene ring substituents is 1. The average Bonchev–Trinajstić information content (AvgIpc) is 2.55. The zero-order valence-electron chi connectivity index (χ0n) is 11.8. The van der Waals surface area contributed by atoms with Crippen LogP contribution in [-0.4, -0.2) is 24.4 Å². The number of hydrogen-bond acceptors (Lipinski definition) is 6. The molecule has 2 aromatic carbocycles. The predicted octanol–water partition coefficient (Wildman–Crippen LogP) is 1.58. The Morgan fingerprint density at radius 3 is 2.38 bits per heavy atom. The fourth-order valence-corrected chi connectivity index (χ4v) is 2.69. The van der Waals surface area contributed by atoms with Gasteiger partial charge < -0.3 is 5.11 Å². The van der Waals surface area contributed by atoms with Gasteiger partial charge in [-0.25, -0.2) is 8.42 Å². The van der Waals surface area contributed by atoms with E-state index >= 15 is 0 Å². The van der Waals surface area contributed by atoms with E-state index in [-0.39, 0.29) is 26.9 Å². The van der Waals surface area contributed by atoms with Crippen LogP contribution in [0.25, 0.3) is 0 Å². The van der Waals surface area contributed by atoms with Crippen molar-refractivity contribution in [3.05, 3.63) is 63.2 Å². The first kappa shape index (κ1) is 17.7. The lowest BCUT2D eigenvalue weighted by Crippen LogP contribution is -2.41. The number of carbonyl (C=O) groups excluding carboxylic acids is 1. The summed E-state index contributed by atoms with van der Waals surface area (Å²) in [6, 6.07) is 7.76. The van der Waals surface area contributed by atoms with Gasteiger partial charge in [-0.15, -0.1) is 4.83 Å². The van der Waals surface area contributed by atoms with Crippen LogP contribution in [-0.2, 0) is 10.0 Å². The third-order valence-electron chi connectivity index (χ3n) is 2.86. The Balaban J connectivity index is 2.13. The molecule has 2 rings (SSSR count). The molecule has 126 valence electrons. The molecule has 0 aliphatic heterocycles. The van der Waals surface area contributed by atoms with Crippen molar-refractivity contribution in [2.45, 2.75) is 4.90 Å². The predicted molar refractivity (Wildman–Crippen MR) is 84.0 cm³/mol. The molecular weight excluding hydrogens is 362 g/mol. The molecule has 1 amide bonds. The SMILES string of the molecule is O=C(NNS(=O)(=O)c1ccc([N+](=O)[O-])cc1)c1cc(Cl)ccc1O. The molecule has 0 aliphatic rings. The molecule has 0 atom stereocenters. The van der Waals surface area contributed by atoms with Crippen molar-refractivity contribution in [1.82, 2.24) is 10.3 Å². The van der Waals surface area contributed by atoms with E-state index in [1.54, 1.807) is 0 Å². The highest BCUT2D eigenvalue weighted by atomic mass is 35.5. The monoisotopic (exact) mass is 371 g/mol. The highest BCUT2D eigenvalue weighted by molar-refractivity contribution is 7.89. The molecule has 0 aliphatic carbocycles. The summed E-state index contributed by atoms with van der Waals surface area (Å²) in [6.07, 6.45) is 0. The molecule has 0 saturated heterocycles. The highest BCUT2D eigenvalue weighted by Gasteiger charge is 2.18. The summed E-state index contributed by atoms with van der Waals surface area (Å²) in [5.74, 6) is -1.31. The van der Waals surface area contributed by atoms with Crippen LogP contribution >= 0.6 is 11.6 Å². The first-order valence-corrected chi connectivity index (χ1v) is 8.12. The van der Waals surface area contributed by atoms with Gasteiger partial charge in [-0.3, -0.25) is 20.3 Å². The fraction of sp³-hybridized carbons (Fsp3) is 0. The summed E-state index contributed by atoms with van der Waals surface area (Å²) >= 11 is 5.70. The summed E-state index contributed by atoms with van der Waals surface area (Å²) < 4.78 is 24.0. The maximum atomic E-state index is 12.0. The Morgan fingerprint density at radius 1 is 1.17 bits per heavy atom. The number of nitro benzene ring substituents is 1. The molecule has 0 spiro atoms. The molecule has 0 saturated carbocycles. The average molecular weight is 372 g/mol. The lowest BCUT2D eigenvalue weighted by molar-refractivity contribution is -0.384. The second kappa shape index (κ2) is 6.83. The van der Waals surface area contributed by atoms with Crippen molar-refractivity contribution in [2.75, 3.05) is 0 Å². The third-order valence-corrected chi connectivity index (χ3v) is 4.36. The molecular formula is C13H10ClN3O6S. The van der Waals surface area contributed by atoms with Gasteiger partial charge >= 0.3 is 0 Å². The van der Waals surface area contributed by atoms with Gasteiger partial charge in [0.2, 0.25) is 0 Å². The molecule has 0 radical (unpaired) electrons. The van der Waals surface area contributed by atoms with Crippen LogP contribution in [0.1, 0.15) is 10.4 Å². The van der Waals surface area contributed by atoms with Gasteiger partial charge in [0.05, 0.1) is 15.4 Å². The number of sulfonamides is 1. The molecule has 2 aromatic rings. The number of nitrogens with one attached hydrogen (secondary N) is 2. The van der Waals surface area contributed by atoms with E-state index in [9.17, 15) is 28.4 Å². The Labute approximate surface area is 141 Å². The first-order valence-electron chi connectivity index (χ1n) is 6.26. The van der Waals surface area contributed by atoms with Gasteiger partial charge in [-0.2, -0.15) is 0 Å². The summed E-state index contributed by atoms with van der Waals surface area (Å²) in [4.78, 5) is 23.3. The van der Waals surface area contributed by atoms with Crippen molar-refractivity contribution in [3.63, 3.8) is 0 Å². The molecule has 0 heterocycles. The Bertz CT molecular complexity index is 898. The molecule has 11 heteroatoms. The number of benzene rings is 2. The zero-order valence-corrected chi connectivity index (χ0v) is 13.3. The van der Waals surface area contributed by atoms with Gasteiger partial charge in [0.15, 0.2) is 0 Å². The van der Waals surface area contributed by atoms with Crippen LogP contribution in [0.2, 0.25) is 5.02 Å². The van der Waals surface area contributed by atoms with Gasteiger partial charge in [-0.1, -0.05) is 11.6 Å². The number of aromatic hydroxyl groups is 1. The van der Waals surface area contributed by atoms with Crippen LogP contribution in [0, 0.1) is 10.1 Å². The number of carbonyl (C=O) groups is 1. The number of nitro groups is 1. The van der Waals surface area contributed by atoms with E-state index < -0.39 is 20.9 Å². The van der Waals surface area contributed by atoms with Gasteiger partial charge in [0, 0.05) is 17.2 Å². The summed E-state index contributed by atoms with van der Waals surface area (Å²) in [5.41, 5.74) is 1.41. The number of amides is 1. The van der Waals surface area contributed by atoms with Gasteiger partial charge in [0.25, 0.3) is 21.6 Å². The van der Waals surface area contributed by atoms with Crippen molar-refractivity contribution in [1.29, 1.82) is 0 Å². The third kappa shape index (κ3) is 3.98. The highest BCUT2D eigenvalue weighted by Crippen LogP contribution is 2.21. The number of rotatable bonds is 5. The van der Waals surface area contributed by atoms with E-state index in [4.69, 9.17) is 11.6 Å². The molecule has 0 aromatic heterocycles.